The molecule has 3 aromatic carbocycles. The van der Waals surface area contributed by atoms with Crippen molar-refractivity contribution in [2.75, 3.05) is 4.90 Å². The second kappa shape index (κ2) is 7.28. The Labute approximate surface area is 204 Å². The summed E-state index contributed by atoms with van der Waals surface area (Å²) in [6.07, 6.45) is 3.83. The molecule has 0 amide bonds. The third kappa shape index (κ3) is 2.80. The highest BCUT2D eigenvalue weighted by Gasteiger charge is 2.36. The molecule has 168 valence electrons. The van der Waals surface area contributed by atoms with Crippen LogP contribution in [0.15, 0.2) is 109 Å². The van der Waals surface area contributed by atoms with Crippen LogP contribution in [-0.4, -0.2) is 14.5 Å². The number of hydrogen-bond acceptors (Lipinski definition) is 3. The predicted octanol–water partition coefficient (Wildman–Crippen LogP) is 7.68. The molecule has 0 aliphatic carbocycles. The summed E-state index contributed by atoms with van der Waals surface area (Å²) in [6, 6.07) is 34.1. The van der Waals surface area contributed by atoms with Gasteiger partial charge in [-0.15, -0.1) is 0 Å². The number of para-hydroxylation sites is 3. The normalized spacial score (nSPS) is 14.2. The molecular formula is C31H24N4. The van der Waals surface area contributed by atoms with Crippen LogP contribution >= 0.6 is 0 Å². The van der Waals surface area contributed by atoms with Gasteiger partial charge in [0.05, 0.1) is 39.8 Å². The van der Waals surface area contributed by atoms with Crippen molar-refractivity contribution in [1.29, 1.82) is 0 Å². The van der Waals surface area contributed by atoms with Crippen LogP contribution in [0.1, 0.15) is 25.0 Å². The monoisotopic (exact) mass is 452 g/mol. The summed E-state index contributed by atoms with van der Waals surface area (Å²) in [5, 5.41) is 1.15. The molecule has 1 aliphatic heterocycles. The van der Waals surface area contributed by atoms with Crippen molar-refractivity contribution >= 4 is 39.1 Å². The quantitative estimate of drug-likeness (QED) is 0.270. The number of anilines is 3. The highest BCUT2D eigenvalue weighted by Crippen LogP contribution is 2.51. The van der Waals surface area contributed by atoms with Gasteiger partial charge in [0.2, 0.25) is 0 Å². The molecule has 4 nitrogen and oxygen atoms in total. The van der Waals surface area contributed by atoms with E-state index in [9.17, 15) is 0 Å². The van der Waals surface area contributed by atoms with Gasteiger partial charge in [0.15, 0.2) is 0 Å². The Hall–Kier alpha value is -4.44. The molecule has 0 saturated heterocycles. The van der Waals surface area contributed by atoms with Crippen molar-refractivity contribution in [3.63, 3.8) is 0 Å². The minimum Gasteiger partial charge on any atom is -0.306 e. The number of hydrogen-bond donors (Lipinski definition) is 0. The van der Waals surface area contributed by atoms with Gasteiger partial charge < -0.3 is 4.57 Å². The smallest absolute Gasteiger partial charge is 0.137 e. The Bertz CT molecular complexity index is 1620. The zero-order valence-electron chi connectivity index (χ0n) is 19.7. The van der Waals surface area contributed by atoms with Gasteiger partial charge in [0.1, 0.15) is 5.82 Å². The molecular weight excluding hydrogens is 428 g/mol. The number of aromatic nitrogens is 3. The van der Waals surface area contributed by atoms with Crippen LogP contribution in [0.3, 0.4) is 0 Å². The Kier molecular flexibility index (Phi) is 4.15. The van der Waals surface area contributed by atoms with Crippen molar-refractivity contribution in [2.24, 2.45) is 0 Å². The third-order valence-electron chi connectivity index (χ3n) is 7.28. The molecule has 0 unspecified atom stereocenters. The van der Waals surface area contributed by atoms with E-state index in [0.717, 1.165) is 33.4 Å². The van der Waals surface area contributed by atoms with Crippen LogP contribution in [0.2, 0.25) is 0 Å². The van der Waals surface area contributed by atoms with E-state index in [1.807, 2.05) is 18.5 Å². The van der Waals surface area contributed by atoms with E-state index in [4.69, 9.17) is 4.98 Å². The molecule has 0 radical (unpaired) electrons. The van der Waals surface area contributed by atoms with Gasteiger partial charge >= 0.3 is 0 Å². The minimum absolute atomic E-state index is 0.0837. The second-order valence-electron chi connectivity index (χ2n) is 9.59. The Morgan fingerprint density at radius 3 is 2.00 bits per heavy atom. The number of fused-ring (bicyclic) bond motifs is 5. The van der Waals surface area contributed by atoms with Crippen molar-refractivity contribution in [3.05, 3.63) is 121 Å². The van der Waals surface area contributed by atoms with E-state index in [0.29, 0.717) is 0 Å². The van der Waals surface area contributed by atoms with Crippen LogP contribution < -0.4 is 4.90 Å². The van der Waals surface area contributed by atoms with Crippen molar-refractivity contribution in [1.82, 2.24) is 14.5 Å². The van der Waals surface area contributed by atoms with Crippen LogP contribution in [0.25, 0.3) is 27.6 Å². The third-order valence-corrected chi connectivity index (χ3v) is 7.28. The summed E-state index contributed by atoms with van der Waals surface area (Å²) in [6.45, 7) is 4.60. The molecule has 0 atom stereocenters. The largest absolute Gasteiger partial charge is 0.306 e. The first-order valence-corrected chi connectivity index (χ1v) is 11.9. The van der Waals surface area contributed by atoms with Crippen LogP contribution in [0, 0.1) is 0 Å². The Morgan fingerprint density at radius 1 is 0.629 bits per heavy atom. The fourth-order valence-electron chi connectivity index (χ4n) is 5.62. The minimum atomic E-state index is -0.0837. The topological polar surface area (TPSA) is 34.0 Å². The molecule has 0 spiro atoms. The van der Waals surface area contributed by atoms with Crippen molar-refractivity contribution in [2.45, 2.75) is 19.3 Å². The summed E-state index contributed by atoms with van der Waals surface area (Å²) in [7, 11) is 0. The number of pyridine rings is 2. The van der Waals surface area contributed by atoms with E-state index >= 15 is 0 Å². The summed E-state index contributed by atoms with van der Waals surface area (Å²) in [4.78, 5) is 11.9. The Balaban J connectivity index is 1.41. The van der Waals surface area contributed by atoms with Gasteiger partial charge in [-0.1, -0.05) is 68.4 Å². The van der Waals surface area contributed by atoms with Gasteiger partial charge in [0.25, 0.3) is 0 Å². The lowest BCUT2D eigenvalue weighted by atomic mass is 9.73. The molecule has 0 saturated carbocycles. The molecule has 0 N–H and O–H groups in total. The van der Waals surface area contributed by atoms with Crippen molar-refractivity contribution < 1.29 is 0 Å². The van der Waals surface area contributed by atoms with Gasteiger partial charge in [-0.25, -0.2) is 4.98 Å². The molecule has 3 aromatic heterocycles. The van der Waals surface area contributed by atoms with E-state index in [1.165, 1.54) is 22.5 Å². The molecule has 6 aromatic rings. The summed E-state index contributed by atoms with van der Waals surface area (Å²) in [5.41, 5.74) is 9.12. The zero-order chi connectivity index (χ0) is 23.6. The molecule has 1 aliphatic rings. The van der Waals surface area contributed by atoms with Gasteiger partial charge in [0, 0.05) is 17.0 Å². The number of benzene rings is 3. The summed E-state index contributed by atoms with van der Waals surface area (Å²) >= 11 is 0. The SMILES string of the molecule is CC1(C)c2ccccc2N(c2ccc(-n3c4ccccc4c4ncccc43)cn2)c2ccccc21. The highest BCUT2D eigenvalue weighted by molar-refractivity contribution is 6.06. The molecule has 4 heterocycles. The van der Waals surface area contributed by atoms with Crippen LogP contribution in [0.5, 0.6) is 0 Å². The van der Waals surface area contributed by atoms with E-state index in [2.05, 4.69) is 119 Å². The van der Waals surface area contributed by atoms with Crippen molar-refractivity contribution in [3.8, 4) is 5.69 Å². The lowest BCUT2D eigenvalue weighted by Crippen LogP contribution is -2.30. The van der Waals surface area contributed by atoms with E-state index in [-0.39, 0.29) is 5.41 Å². The predicted molar refractivity (Wildman–Crippen MR) is 143 cm³/mol. The fourth-order valence-corrected chi connectivity index (χ4v) is 5.62. The van der Waals surface area contributed by atoms with E-state index in [1.54, 1.807) is 0 Å². The Morgan fingerprint density at radius 2 is 1.29 bits per heavy atom. The van der Waals surface area contributed by atoms with Gasteiger partial charge in [-0.05, 0) is 53.6 Å². The summed E-state index contributed by atoms with van der Waals surface area (Å²) < 4.78 is 2.25. The molecule has 0 bridgehead atoms. The van der Waals surface area contributed by atoms with Crippen LogP contribution in [0.4, 0.5) is 17.2 Å². The molecule has 35 heavy (non-hydrogen) atoms. The standard InChI is InChI=1S/C31H24N4/c1-31(2)23-11-4-7-14-26(23)35(27-15-8-5-12-24(27)31)29-18-17-21(20-33-29)34-25-13-6-3-10-22(25)30-28(34)16-9-19-32-30/h3-20H,1-2H3. The first-order chi connectivity index (χ1) is 17.1. The first-order valence-electron chi connectivity index (χ1n) is 11.9. The van der Waals surface area contributed by atoms with Gasteiger partial charge in [-0.2, -0.15) is 0 Å². The average Bonchev–Trinajstić information content (AvgIpc) is 3.24. The molecule has 4 heteroatoms. The zero-order valence-corrected chi connectivity index (χ0v) is 19.7. The maximum absolute atomic E-state index is 5.00. The number of rotatable bonds is 2. The fraction of sp³-hybridized carbons (Fsp3) is 0.0968. The first kappa shape index (κ1) is 20.0. The lowest BCUT2D eigenvalue weighted by molar-refractivity contribution is 0.631. The number of nitrogens with zero attached hydrogens (tertiary/aromatic N) is 4. The molecule has 7 rings (SSSR count). The highest BCUT2D eigenvalue weighted by atomic mass is 15.2. The van der Waals surface area contributed by atoms with E-state index < -0.39 is 0 Å². The average molecular weight is 453 g/mol. The van der Waals surface area contributed by atoms with Crippen LogP contribution in [-0.2, 0) is 5.41 Å². The summed E-state index contributed by atoms with van der Waals surface area (Å²) in [5.74, 6) is 0.906. The second-order valence-corrected chi connectivity index (χ2v) is 9.59. The maximum atomic E-state index is 5.00. The van der Waals surface area contributed by atoms with Gasteiger partial charge in [-0.3, -0.25) is 9.88 Å². The lowest BCUT2D eigenvalue weighted by Gasteiger charge is -2.41. The molecule has 0 fully saturated rings. The maximum Gasteiger partial charge on any atom is 0.137 e.